The number of anilines is 1. The molecule has 0 aliphatic heterocycles. The Morgan fingerprint density at radius 1 is 1.33 bits per heavy atom. The molecule has 0 aromatic heterocycles. The minimum Gasteiger partial charge on any atom is -0.491 e. The van der Waals surface area contributed by atoms with Crippen LogP contribution in [0, 0.1) is 0 Å². The van der Waals surface area contributed by atoms with Crippen molar-refractivity contribution in [3.8, 4) is 5.75 Å². The number of amides is 1. The number of carbonyl (C=O) groups is 1. The van der Waals surface area contributed by atoms with Crippen molar-refractivity contribution in [3.63, 3.8) is 0 Å². The summed E-state index contributed by atoms with van der Waals surface area (Å²) in [4.78, 5) is 13.5. The molecule has 18 heavy (non-hydrogen) atoms. The molecule has 0 bridgehead atoms. The number of nitrogen functional groups attached to an aromatic ring is 1. The van der Waals surface area contributed by atoms with Crippen LogP contribution in [0.2, 0.25) is 0 Å². The zero-order chi connectivity index (χ0) is 13.5. The van der Waals surface area contributed by atoms with Gasteiger partial charge in [0.1, 0.15) is 12.4 Å². The first kappa shape index (κ1) is 14.3. The number of hydrogen-bond donors (Lipinski definition) is 2. The number of hydrogen-bond acceptors (Lipinski definition) is 4. The molecule has 0 fully saturated rings. The third-order valence-corrected chi connectivity index (χ3v) is 2.83. The summed E-state index contributed by atoms with van der Waals surface area (Å²) in [5.74, 6) is -0.0532. The predicted octanol–water partition coefficient (Wildman–Crippen LogP) is 1.09. The molecule has 0 saturated carbocycles. The van der Waals surface area contributed by atoms with Gasteiger partial charge in [-0.15, -0.1) is 0 Å². The van der Waals surface area contributed by atoms with Gasteiger partial charge in [-0.05, 0) is 25.2 Å². The van der Waals surface area contributed by atoms with E-state index in [1.807, 2.05) is 0 Å². The van der Waals surface area contributed by atoms with Gasteiger partial charge in [0, 0.05) is 18.3 Å². The molecule has 1 rings (SSSR count). The topological polar surface area (TPSA) is 81.6 Å². The van der Waals surface area contributed by atoms with Crippen molar-refractivity contribution in [2.75, 3.05) is 32.0 Å². The number of benzene rings is 1. The van der Waals surface area contributed by atoms with Crippen molar-refractivity contribution in [3.05, 3.63) is 23.8 Å². The Morgan fingerprint density at radius 3 is 2.56 bits per heavy atom. The molecule has 1 aromatic carbocycles. The van der Waals surface area contributed by atoms with Gasteiger partial charge in [0.15, 0.2) is 0 Å². The van der Waals surface area contributed by atoms with Crippen LogP contribution in [-0.4, -0.2) is 37.0 Å². The molecule has 0 unspecified atom stereocenters. The molecule has 0 radical (unpaired) electrons. The Morgan fingerprint density at radius 2 is 2.00 bits per heavy atom. The van der Waals surface area contributed by atoms with E-state index in [9.17, 15) is 4.79 Å². The molecule has 4 N–H and O–H groups in total. The van der Waals surface area contributed by atoms with E-state index >= 15 is 0 Å². The highest BCUT2D eigenvalue weighted by atomic mass is 16.5. The normalized spacial score (nSPS) is 10.6. The maximum atomic E-state index is 11.2. The predicted molar refractivity (Wildman–Crippen MR) is 72.7 cm³/mol. The van der Waals surface area contributed by atoms with E-state index in [1.165, 1.54) is 0 Å². The van der Waals surface area contributed by atoms with Crippen molar-refractivity contribution in [1.82, 2.24) is 4.90 Å². The lowest BCUT2D eigenvalue weighted by Gasteiger charge is -2.18. The lowest BCUT2D eigenvalue weighted by atomic mass is 10.1. The van der Waals surface area contributed by atoms with Crippen molar-refractivity contribution < 1.29 is 9.53 Å². The molecule has 0 aliphatic carbocycles. The van der Waals surface area contributed by atoms with Crippen LogP contribution in [-0.2, 0) is 0 Å². The molecule has 0 saturated heterocycles. The molecular weight excluding hydrogens is 230 g/mol. The number of nitrogens with two attached hydrogens (primary N) is 2. The number of ether oxygens (including phenoxy) is 1. The van der Waals surface area contributed by atoms with E-state index in [2.05, 4.69) is 18.7 Å². The van der Waals surface area contributed by atoms with Gasteiger partial charge in [0.2, 0.25) is 0 Å². The molecule has 5 nitrogen and oxygen atoms in total. The summed E-state index contributed by atoms with van der Waals surface area (Å²) in [6.45, 7) is 7.45. The standard InChI is InChI=1S/C13H21N3O2/c1-3-16(4-2)7-8-18-12-9-10(14)5-6-11(12)13(15)17/h5-6,9H,3-4,7-8,14H2,1-2H3,(H2,15,17). The minimum absolute atomic E-state index is 0.365. The van der Waals surface area contributed by atoms with Crippen molar-refractivity contribution in [2.24, 2.45) is 5.73 Å². The summed E-state index contributed by atoms with van der Waals surface area (Å²) < 4.78 is 5.59. The molecule has 1 amide bonds. The first-order valence-corrected chi connectivity index (χ1v) is 6.13. The van der Waals surface area contributed by atoms with Gasteiger partial charge in [0.25, 0.3) is 5.91 Å². The maximum absolute atomic E-state index is 11.2. The van der Waals surface area contributed by atoms with E-state index in [4.69, 9.17) is 16.2 Å². The van der Waals surface area contributed by atoms with Crippen LogP contribution in [0.5, 0.6) is 5.75 Å². The van der Waals surface area contributed by atoms with Gasteiger partial charge in [0.05, 0.1) is 5.56 Å². The Balaban J connectivity index is 2.66. The Bertz CT molecular complexity index is 403. The molecule has 1 aromatic rings. The third kappa shape index (κ3) is 3.92. The number of primary amides is 1. The van der Waals surface area contributed by atoms with Gasteiger partial charge >= 0.3 is 0 Å². The Kier molecular flexibility index (Phi) is 5.45. The quantitative estimate of drug-likeness (QED) is 0.711. The monoisotopic (exact) mass is 251 g/mol. The fourth-order valence-corrected chi connectivity index (χ4v) is 1.69. The van der Waals surface area contributed by atoms with Crippen molar-refractivity contribution in [1.29, 1.82) is 0 Å². The average molecular weight is 251 g/mol. The second-order valence-electron chi connectivity index (χ2n) is 4.00. The first-order valence-electron chi connectivity index (χ1n) is 6.13. The van der Waals surface area contributed by atoms with Crippen LogP contribution in [0.4, 0.5) is 5.69 Å². The number of rotatable bonds is 7. The molecule has 0 aliphatic rings. The van der Waals surface area contributed by atoms with Gasteiger partial charge in [-0.2, -0.15) is 0 Å². The molecule has 5 heteroatoms. The fourth-order valence-electron chi connectivity index (χ4n) is 1.69. The van der Waals surface area contributed by atoms with Gasteiger partial charge in [-0.1, -0.05) is 13.8 Å². The van der Waals surface area contributed by atoms with Crippen molar-refractivity contribution >= 4 is 11.6 Å². The highest BCUT2D eigenvalue weighted by Crippen LogP contribution is 2.21. The summed E-state index contributed by atoms with van der Waals surface area (Å²) in [6.07, 6.45) is 0. The van der Waals surface area contributed by atoms with Crippen LogP contribution in [0.25, 0.3) is 0 Å². The minimum atomic E-state index is -0.507. The summed E-state index contributed by atoms with van der Waals surface area (Å²) in [5, 5.41) is 0. The van der Waals surface area contributed by atoms with E-state index in [1.54, 1.807) is 18.2 Å². The van der Waals surface area contributed by atoms with Crippen LogP contribution >= 0.6 is 0 Å². The molecule has 0 spiro atoms. The van der Waals surface area contributed by atoms with Crippen molar-refractivity contribution in [2.45, 2.75) is 13.8 Å². The fraction of sp³-hybridized carbons (Fsp3) is 0.462. The van der Waals surface area contributed by atoms with Crippen LogP contribution < -0.4 is 16.2 Å². The Labute approximate surface area is 108 Å². The largest absolute Gasteiger partial charge is 0.491 e. The van der Waals surface area contributed by atoms with E-state index < -0.39 is 5.91 Å². The molecule has 0 atom stereocenters. The smallest absolute Gasteiger partial charge is 0.252 e. The van der Waals surface area contributed by atoms with Gasteiger partial charge in [-0.25, -0.2) is 0 Å². The second-order valence-corrected chi connectivity index (χ2v) is 4.00. The van der Waals surface area contributed by atoms with Gasteiger partial charge in [-0.3, -0.25) is 4.79 Å². The summed E-state index contributed by atoms with van der Waals surface area (Å²) in [5.41, 5.74) is 11.9. The zero-order valence-corrected chi connectivity index (χ0v) is 11.0. The number of nitrogens with zero attached hydrogens (tertiary/aromatic N) is 1. The van der Waals surface area contributed by atoms with E-state index in [0.717, 1.165) is 19.6 Å². The summed E-state index contributed by atoms with van der Waals surface area (Å²) in [7, 11) is 0. The summed E-state index contributed by atoms with van der Waals surface area (Å²) in [6, 6.07) is 4.85. The lowest BCUT2D eigenvalue weighted by molar-refractivity contribution is 0.0995. The second kappa shape index (κ2) is 6.86. The zero-order valence-electron chi connectivity index (χ0n) is 11.0. The number of likely N-dealkylation sites (N-methyl/N-ethyl adjacent to an activating group) is 1. The van der Waals surface area contributed by atoms with Crippen LogP contribution in [0.15, 0.2) is 18.2 Å². The van der Waals surface area contributed by atoms with Crippen LogP contribution in [0.3, 0.4) is 0 Å². The molecular formula is C13H21N3O2. The van der Waals surface area contributed by atoms with Crippen LogP contribution in [0.1, 0.15) is 24.2 Å². The third-order valence-electron chi connectivity index (χ3n) is 2.83. The van der Waals surface area contributed by atoms with E-state index in [-0.39, 0.29) is 0 Å². The number of carbonyl (C=O) groups excluding carboxylic acids is 1. The Hall–Kier alpha value is -1.75. The molecule has 100 valence electrons. The first-order chi connectivity index (χ1) is 8.58. The highest BCUT2D eigenvalue weighted by Gasteiger charge is 2.10. The maximum Gasteiger partial charge on any atom is 0.252 e. The van der Waals surface area contributed by atoms with E-state index in [0.29, 0.717) is 23.6 Å². The van der Waals surface area contributed by atoms with Gasteiger partial charge < -0.3 is 21.1 Å². The SMILES string of the molecule is CCN(CC)CCOc1cc(N)ccc1C(N)=O. The summed E-state index contributed by atoms with van der Waals surface area (Å²) >= 11 is 0. The average Bonchev–Trinajstić information content (AvgIpc) is 2.34. The highest BCUT2D eigenvalue weighted by molar-refractivity contribution is 5.96. The lowest BCUT2D eigenvalue weighted by Crippen LogP contribution is -2.28. The molecule has 0 heterocycles.